The highest BCUT2D eigenvalue weighted by molar-refractivity contribution is 7.91. The third-order valence-corrected chi connectivity index (χ3v) is 4.62. The fraction of sp³-hybridized carbons (Fsp3) is 0.267. The van der Waals surface area contributed by atoms with Gasteiger partial charge in [0, 0.05) is 13.0 Å². The molecule has 0 fully saturated rings. The largest absolute Gasteiger partial charge is 0.472 e. The molecule has 2 aromatic rings. The van der Waals surface area contributed by atoms with Crippen LogP contribution in [0, 0.1) is 0 Å². The number of para-hydroxylation sites is 1. The summed E-state index contributed by atoms with van der Waals surface area (Å²) in [5, 5.41) is 0. The predicted octanol–water partition coefficient (Wildman–Crippen LogP) is 2.10. The minimum absolute atomic E-state index is 0.0745. The summed E-state index contributed by atoms with van der Waals surface area (Å²) >= 11 is 0. The van der Waals surface area contributed by atoms with Crippen molar-refractivity contribution in [3.05, 3.63) is 54.5 Å². The highest BCUT2D eigenvalue weighted by Gasteiger charge is 2.22. The molecule has 1 aromatic carbocycles. The summed E-state index contributed by atoms with van der Waals surface area (Å²) in [6.45, 7) is 1.94. The maximum Gasteiger partial charge on any atom is 0.326 e. The molecule has 0 aliphatic heterocycles. The minimum Gasteiger partial charge on any atom is -0.472 e. The SMILES string of the molecule is CCN(c1ccccc1)S(=O)(=O)NC(=O)CCc1ccoc1. The summed E-state index contributed by atoms with van der Waals surface area (Å²) < 4.78 is 32.8. The van der Waals surface area contributed by atoms with Crippen molar-refractivity contribution in [2.24, 2.45) is 0 Å². The number of amides is 1. The molecule has 6 nitrogen and oxygen atoms in total. The number of carbonyl (C=O) groups is 1. The van der Waals surface area contributed by atoms with E-state index in [0.29, 0.717) is 12.1 Å². The highest BCUT2D eigenvalue weighted by Crippen LogP contribution is 2.16. The summed E-state index contributed by atoms with van der Waals surface area (Å²) in [6.07, 6.45) is 3.54. The number of hydrogen-bond donors (Lipinski definition) is 1. The van der Waals surface area contributed by atoms with Crippen LogP contribution in [0.4, 0.5) is 5.69 Å². The molecule has 0 unspecified atom stereocenters. The van der Waals surface area contributed by atoms with Crippen molar-refractivity contribution in [1.29, 1.82) is 0 Å². The van der Waals surface area contributed by atoms with E-state index >= 15 is 0 Å². The number of aryl methyl sites for hydroxylation is 1. The Morgan fingerprint density at radius 1 is 1.23 bits per heavy atom. The van der Waals surface area contributed by atoms with Crippen molar-refractivity contribution < 1.29 is 17.6 Å². The summed E-state index contributed by atoms with van der Waals surface area (Å²) in [7, 11) is -3.91. The number of rotatable bonds is 7. The Morgan fingerprint density at radius 3 is 2.55 bits per heavy atom. The van der Waals surface area contributed by atoms with Gasteiger partial charge in [0.1, 0.15) is 0 Å². The summed E-state index contributed by atoms with van der Waals surface area (Å²) in [4.78, 5) is 11.9. The standard InChI is InChI=1S/C15H18N2O4S/c1-2-17(14-6-4-3-5-7-14)22(19,20)16-15(18)9-8-13-10-11-21-12-13/h3-7,10-12H,2,8-9H2,1H3,(H,16,18). The van der Waals surface area contributed by atoms with Gasteiger partial charge in [-0.05, 0) is 37.1 Å². The number of furan rings is 1. The third-order valence-electron chi connectivity index (χ3n) is 3.09. The van der Waals surface area contributed by atoms with E-state index < -0.39 is 16.1 Å². The van der Waals surface area contributed by atoms with Gasteiger partial charge in [0.25, 0.3) is 0 Å². The lowest BCUT2D eigenvalue weighted by Gasteiger charge is -2.22. The number of carbonyl (C=O) groups excluding carboxylic acids is 1. The average molecular weight is 322 g/mol. The van der Waals surface area contributed by atoms with Crippen LogP contribution in [-0.4, -0.2) is 20.9 Å². The van der Waals surface area contributed by atoms with E-state index in [1.165, 1.54) is 12.5 Å². The zero-order valence-electron chi connectivity index (χ0n) is 12.2. The van der Waals surface area contributed by atoms with Crippen molar-refractivity contribution >= 4 is 21.8 Å². The van der Waals surface area contributed by atoms with Gasteiger partial charge < -0.3 is 4.42 Å². The maximum absolute atomic E-state index is 12.3. The van der Waals surface area contributed by atoms with Crippen LogP contribution in [0.15, 0.2) is 53.3 Å². The Hall–Kier alpha value is -2.28. The Balaban J connectivity index is 2.01. The van der Waals surface area contributed by atoms with Crippen LogP contribution in [-0.2, 0) is 21.4 Å². The van der Waals surface area contributed by atoms with Gasteiger partial charge >= 0.3 is 10.2 Å². The lowest BCUT2D eigenvalue weighted by molar-refractivity contribution is -0.119. The van der Waals surface area contributed by atoms with Crippen LogP contribution in [0.25, 0.3) is 0 Å². The Morgan fingerprint density at radius 2 is 1.95 bits per heavy atom. The average Bonchev–Trinajstić information content (AvgIpc) is 2.99. The van der Waals surface area contributed by atoms with Gasteiger partial charge in [-0.1, -0.05) is 18.2 Å². The van der Waals surface area contributed by atoms with E-state index in [-0.39, 0.29) is 13.0 Å². The van der Waals surface area contributed by atoms with Gasteiger partial charge in [-0.2, -0.15) is 8.42 Å². The number of nitrogens with one attached hydrogen (secondary N) is 1. The molecule has 1 heterocycles. The lowest BCUT2D eigenvalue weighted by Crippen LogP contribution is -2.43. The van der Waals surface area contributed by atoms with Crippen molar-refractivity contribution in [3.63, 3.8) is 0 Å². The number of hydrogen-bond acceptors (Lipinski definition) is 4. The first-order valence-electron chi connectivity index (χ1n) is 6.92. The molecule has 0 saturated carbocycles. The molecule has 0 atom stereocenters. The van der Waals surface area contributed by atoms with Gasteiger partial charge in [-0.25, -0.2) is 4.72 Å². The van der Waals surface area contributed by atoms with E-state index in [2.05, 4.69) is 4.72 Å². The zero-order valence-corrected chi connectivity index (χ0v) is 13.0. The quantitative estimate of drug-likeness (QED) is 0.846. The van der Waals surface area contributed by atoms with Gasteiger partial charge in [-0.15, -0.1) is 0 Å². The molecule has 0 spiro atoms. The zero-order chi connectivity index (χ0) is 16.0. The van der Waals surface area contributed by atoms with Gasteiger partial charge in [0.15, 0.2) is 0 Å². The van der Waals surface area contributed by atoms with Crippen molar-refractivity contribution in [2.75, 3.05) is 10.8 Å². The fourth-order valence-corrected chi connectivity index (χ4v) is 3.27. The molecule has 1 N–H and O–H groups in total. The smallest absolute Gasteiger partial charge is 0.326 e. The minimum atomic E-state index is -3.91. The van der Waals surface area contributed by atoms with E-state index in [9.17, 15) is 13.2 Å². The molecule has 0 aliphatic carbocycles. The molecule has 0 saturated heterocycles. The second-order valence-electron chi connectivity index (χ2n) is 4.66. The van der Waals surface area contributed by atoms with E-state index in [1.54, 1.807) is 43.3 Å². The van der Waals surface area contributed by atoms with Crippen molar-refractivity contribution in [2.45, 2.75) is 19.8 Å². The Labute approximate surface area is 129 Å². The number of benzene rings is 1. The first-order valence-corrected chi connectivity index (χ1v) is 8.36. The number of anilines is 1. The first-order chi connectivity index (χ1) is 10.5. The first kappa shape index (κ1) is 16.1. The Bertz CT molecular complexity index is 696. The molecule has 118 valence electrons. The van der Waals surface area contributed by atoms with E-state index in [4.69, 9.17) is 4.42 Å². The molecule has 1 amide bonds. The summed E-state index contributed by atoms with van der Waals surface area (Å²) in [5.41, 5.74) is 1.36. The molecule has 7 heteroatoms. The highest BCUT2D eigenvalue weighted by atomic mass is 32.2. The maximum atomic E-state index is 12.3. The molecule has 1 aromatic heterocycles. The fourth-order valence-electron chi connectivity index (χ4n) is 2.03. The van der Waals surface area contributed by atoms with Crippen LogP contribution in [0.2, 0.25) is 0 Å². The van der Waals surface area contributed by atoms with Crippen molar-refractivity contribution in [1.82, 2.24) is 4.72 Å². The molecule has 22 heavy (non-hydrogen) atoms. The molecular formula is C15H18N2O4S. The van der Waals surface area contributed by atoms with E-state index in [0.717, 1.165) is 9.87 Å². The lowest BCUT2D eigenvalue weighted by atomic mass is 10.2. The summed E-state index contributed by atoms with van der Waals surface area (Å²) in [5.74, 6) is -0.546. The Kier molecular flexibility index (Phi) is 5.21. The van der Waals surface area contributed by atoms with Gasteiger partial charge in [0.2, 0.25) is 5.91 Å². The van der Waals surface area contributed by atoms with Crippen LogP contribution in [0.3, 0.4) is 0 Å². The molecular weight excluding hydrogens is 304 g/mol. The van der Waals surface area contributed by atoms with Gasteiger partial charge in [-0.3, -0.25) is 9.10 Å². The molecule has 0 aliphatic rings. The van der Waals surface area contributed by atoms with Crippen LogP contribution in [0.5, 0.6) is 0 Å². The third kappa shape index (κ3) is 4.11. The topological polar surface area (TPSA) is 79.6 Å². The normalized spacial score (nSPS) is 11.1. The second kappa shape index (κ2) is 7.13. The second-order valence-corrected chi connectivity index (χ2v) is 6.26. The van der Waals surface area contributed by atoms with E-state index in [1.807, 2.05) is 0 Å². The predicted molar refractivity (Wildman–Crippen MR) is 83.6 cm³/mol. The molecule has 2 rings (SSSR count). The summed E-state index contributed by atoms with van der Waals surface area (Å²) in [6, 6.07) is 10.4. The van der Waals surface area contributed by atoms with Crippen molar-refractivity contribution in [3.8, 4) is 0 Å². The van der Waals surface area contributed by atoms with Crippen LogP contribution >= 0.6 is 0 Å². The van der Waals surface area contributed by atoms with Crippen LogP contribution in [0.1, 0.15) is 18.9 Å². The van der Waals surface area contributed by atoms with Crippen LogP contribution < -0.4 is 9.03 Å². The molecule has 0 radical (unpaired) electrons. The van der Waals surface area contributed by atoms with Gasteiger partial charge in [0.05, 0.1) is 18.2 Å². The molecule has 0 bridgehead atoms. The monoisotopic (exact) mass is 322 g/mol. The number of nitrogens with zero attached hydrogens (tertiary/aromatic N) is 1.